The lowest BCUT2D eigenvalue weighted by Gasteiger charge is -2.15. The van der Waals surface area contributed by atoms with Crippen LogP contribution in [0.15, 0.2) is 30.3 Å². The van der Waals surface area contributed by atoms with Crippen LogP contribution in [0.1, 0.15) is 24.2 Å². The first-order chi connectivity index (χ1) is 9.08. The highest BCUT2D eigenvalue weighted by molar-refractivity contribution is 5.42. The number of anilines is 2. The molecule has 0 fully saturated rings. The van der Waals surface area contributed by atoms with Crippen molar-refractivity contribution in [3.05, 3.63) is 41.6 Å². The highest BCUT2D eigenvalue weighted by Gasteiger charge is 2.08. The van der Waals surface area contributed by atoms with Crippen LogP contribution in [0.5, 0.6) is 5.88 Å². The summed E-state index contributed by atoms with van der Waals surface area (Å²) < 4.78 is 5.13. The number of methoxy groups -OCH3 is 1. The van der Waals surface area contributed by atoms with Crippen LogP contribution in [-0.2, 0) is 0 Å². The number of benzene rings is 1. The summed E-state index contributed by atoms with van der Waals surface area (Å²) in [4.78, 5) is 8.60. The largest absolute Gasteiger partial charge is 0.481 e. The number of nitrogens with zero attached hydrogens (tertiary/aromatic N) is 2. The van der Waals surface area contributed by atoms with Gasteiger partial charge in [-0.1, -0.05) is 12.1 Å². The van der Waals surface area contributed by atoms with E-state index in [0.29, 0.717) is 11.8 Å². The molecule has 1 aromatic heterocycles. The zero-order valence-corrected chi connectivity index (χ0v) is 11.3. The fraction of sp³-hybridized carbons (Fsp3) is 0.286. The van der Waals surface area contributed by atoms with E-state index in [1.807, 2.05) is 38.1 Å². The van der Waals surface area contributed by atoms with Crippen LogP contribution < -0.4 is 15.8 Å². The minimum Gasteiger partial charge on any atom is -0.481 e. The molecule has 0 saturated carbocycles. The molecule has 0 aliphatic heterocycles. The molecule has 19 heavy (non-hydrogen) atoms. The van der Waals surface area contributed by atoms with Crippen molar-refractivity contribution in [2.24, 2.45) is 0 Å². The fourth-order valence-corrected chi connectivity index (χ4v) is 1.77. The van der Waals surface area contributed by atoms with E-state index in [4.69, 9.17) is 10.5 Å². The monoisotopic (exact) mass is 258 g/mol. The van der Waals surface area contributed by atoms with Gasteiger partial charge in [-0.2, -0.15) is 4.98 Å². The first-order valence-corrected chi connectivity index (χ1v) is 6.10. The van der Waals surface area contributed by atoms with Crippen LogP contribution in [0.25, 0.3) is 0 Å². The lowest BCUT2D eigenvalue weighted by molar-refractivity contribution is 0.397. The summed E-state index contributed by atoms with van der Waals surface area (Å²) >= 11 is 0. The summed E-state index contributed by atoms with van der Waals surface area (Å²) in [6, 6.07) is 9.61. The Morgan fingerprint density at radius 2 is 1.89 bits per heavy atom. The Morgan fingerprint density at radius 3 is 2.53 bits per heavy atom. The van der Waals surface area contributed by atoms with Gasteiger partial charge in [0.1, 0.15) is 0 Å². The molecule has 0 amide bonds. The number of nitrogens with one attached hydrogen (secondary N) is 1. The normalized spacial score (nSPS) is 11.9. The van der Waals surface area contributed by atoms with E-state index in [-0.39, 0.29) is 6.04 Å². The van der Waals surface area contributed by atoms with Gasteiger partial charge in [0.15, 0.2) is 0 Å². The van der Waals surface area contributed by atoms with Crippen molar-refractivity contribution < 1.29 is 4.74 Å². The van der Waals surface area contributed by atoms with Gasteiger partial charge in [-0.25, -0.2) is 4.98 Å². The molecule has 0 aliphatic carbocycles. The first kappa shape index (κ1) is 13.1. The highest BCUT2D eigenvalue weighted by Crippen LogP contribution is 2.19. The third kappa shape index (κ3) is 3.34. The summed E-state index contributed by atoms with van der Waals surface area (Å²) in [5.41, 5.74) is 8.41. The van der Waals surface area contributed by atoms with E-state index in [2.05, 4.69) is 15.3 Å². The highest BCUT2D eigenvalue weighted by atomic mass is 16.5. The van der Waals surface area contributed by atoms with Crippen LogP contribution in [0.2, 0.25) is 0 Å². The number of aromatic nitrogens is 2. The molecule has 0 spiro atoms. The standard InChI is InChI=1S/C14H18N4O/c1-9-8-13(19-3)18-14(16-9)17-10(2)11-4-6-12(15)7-5-11/h4-8,10H,15H2,1-3H3,(H,16,17,18). The molecule has 5 nitrogen and oxygen atoms in total. The maximum Gasteiger partial charge on any atom is 0.226 e. The molecule has 0 saturated heterocycles. The lowest BCUT2D eigenvalue weighted by Crippen LogP contribution is -2.10. The number of nitrogens with two attached hydrogens (primary N) is 1. The van der Waals surface area contributed by atoms with Crippen molar-refractivity contribution in [1.82, 2.24) is 9.97 Å². The Kier molecular flexibility index (Phi) is 3.85. The second kappa shape index (κ2) is 5.56. The summed E-state index contributed by atoms with van der Waals surface area (Å²) in [5.74, 6) is 1.11. The summed E-state index contributed by atoms with van der Waals surface area (Å²) in [6.07, 6.45) is 0. The van der Waals surface area contributed by atoms with Crippen molar-refractivity contribution >= 4 is 11.6 Å². The average Bonchev–Trinajstić information content (AvgIpc) is 2.38. The quantitative estimate of drug-likeness (QED) is 0.824. The molecule has 3 N–H and O–H groups in total. The van der Waals surface area contributed by atoms with E-state index in [9.17, 15) is 0 Å². The zero-order valence-electron chi connectivity index (χ0n) is 11.3. The summed E-state index contributed by atoms with van der Waals surface area (Å²) in [6.45, 7) is 3.95. The molecule has 100 valence electrons. The first-order valence-electron chi connectivity index (χ1n) is 6.10. The molecule has 1 aromatic carbocycles. The van der Waals surface area contributed by atoms with Gasteiger partial charge in [0.25, 0.3) is 0 Å². The van der Waals surface area contributed by atoms with E-state index in [1.54, 1.807) is 13.2 Å². The number of hydrogen-bond acceptors (Lipinski definition) is 5. The molecule has 0 radical (unpaired) electrons. The number of rotatable bonds is 4. The Hall–Kier alpha value is -2.30. The molecule has 1 heterocycles. The summed E-state index contributed by atoms with van der Waals surface area (Å²) in [5, 5.41) is 3.25. The molecule has 2 aromatic rings. The predicted molar refractivity (Wildman–Crippen MR) is 76.2 cm³/mol. The third-order valence-electron chi connectivity index (χ3n) is 2.82. The molecule has 1 unspecified atom stereocenters. The molecule has 2 rings (SSSR count). The van der Waals surface area contributed by atoms with Gasteiger partial charge >= 0.3 is 0 Å². The molecule has 0 aliphatic rings. The zero-order chi connectivity index (χ0) is 13.8. The summed E-state index contributed by atoms with van der Waals surface area (Å²) in [7, 11) is 1.59. The minimum absolute atomic E-state index is 0.0899. The van der Waals surface area contributed by atoms with E-state index in [0.717, 1.165) is 16.9 Å². The SMILES string of the molecule is COc1cc(C)nc(NC(C)c2ccc(N)cc2)n1. The van der Waals surface area contributed by atoms with Crippen molar-refractivity contribution in [2.45, 2.75) is 19.9 Å². The maximum atomic E-state index is 5.68. The van der Waals surface area contributed by atoms with Gasteiger partial charge in [0.2, 0.25) is 11.8 Å². The molecular weight excluding hydrogens is 240 g/mol. The molecule has 0 bridgehead atoms. The topological polar surface area (TPSA) is 73.1 Å². The van der Waals surface area contributed by atoms with Crippen molar-refractivity contribution in [3.63, 3.8) is 0 Å². The van der Waals surface area contributed by atoms with Crippen molar-refractivity contribution in [2.75, 3.05) is 18.2 Å². The van der Waals surface area contributed by atoms with Gasteiger partial charge < -0.3 is 15.8 Å². The van der Waals surface area contributed by atoms with Crippen LogP contribution in [0.4, 0.5) is 11.6 Å². The molecule has 5 heteroatoms. The van der Waals surface area contributed by atoms with Crippen LogP contribution in [0.3, 0.4) is 0 Å². The van der Waals surface area contributed by atoms with E-state index < -0.39 is 0 Å². The Labute approximate surface area is 112 Å². The van der Waals surface area contributed by atoms with E-state index in [1.165, 1.54) is 0 Å². The number of aryl methyl sites for hydroxylation is 1. The second-order valence-electron chi connectivity index (χ2n) is 4.41. The van der Waals surface area contributed by atoms with E-state index >= 15 is 0 Å². The maximum absolute atomic E-state index is 5.68. The smallest absolute Gasteiger partial charge is 0.226 e. The lowest BCUT2D eigenvalue weighted by atomic mass is 10.1. The van der Waals surface area contributed by atoms with Crippen LogP contribution >= 0.6 is 0 Å². The van der Waals surface area contributed by atoms with Gasteiger partial charge in [-0.05, 0) is 31.5 Å². The van der Waals surface area contributed by atoms with Gasteiger partial charge in [0, 0.05) is 17.4 Å². The average molecular weight is 258 g/mol. The van der Waals surface area contributed by atoms with Crippen LogP contribution in [0, 0.1) is 6.92 Å². The number of nitrogen functional groups attached to an aromatic ring is 1. The Morgan fingerprint density at radius 1 is 1.21 bits per heavy atom. The molecular formula is C14H18N4O. The number of ether oxygens (including phenoxy) is 1. The van der Waals surface area contributed by atoms with Gasteiger partial charge in [0.05, 0.1) is 13.2 Å². The predicted octanol–water partition coefficient (Wildman–Crippen LogP) is 2.55. The van der Waals surface area contributed by atoms with Gasteiger partial charge in [-0.3, -0.25) is 0 Å². The van der Waals surface area contributed by atoms with Gasteiger partial charge in [-0.15, -0.1) is 0 Å². The Balaban J connectivity index is 2.16. The third-order valence-corrected chi connectivity index (χ3v) is 2.82. The number of hydrogen-bond donors (Lipinski definition) is 2. The minimum atomic E-state index is 0.0899. The fourth-order valence-electron chi connectivity index (χ4n) is 1.77. The Bertz CT molecular complexity index is 554. The second-order valence-corrected chi connectivity index (χ2v) is 4.41. The van der Waals surface area contributed by atoms with Crippen molar-refractivity contribution in [1.29, 1.82) is 0 Å². The van der Waals surface area contributed by atoms with Crippen LogP contribution in [-0.4, -0.2) is 17.1 Å². The molecule has 1 atom stereocenters. The van der Waals surface area contributed by atoms with Crippen molar-refractivity contribution in [3.8, 4) is 5.88 Å².